The molecule has 2 rings (SSSR count). The summed E-state index contributed by atoms with van der Waals surface area (Å²) >= 11 is 3.56. The fraction of sp³-hybridized carbons (Fsp3) is 0.357. The van der Waals surface area contributed by atoms with Gasteiger partial charge in [0.15, 0.2) is 0 Å². The molecule has 1 unspecified atom stereocenters. The summed E-state index contributed by atoms with van der Waals surface area (Å²) in [5, 5.41) is 4.37. The number of aromatic nitrogens is 2. The molecule has 0 saturated heterocycles. The summed E-state index contributed by atoms with van der Waals surface area (Å²) in [6, 6.07) is 6.54. The van der Waals surface area contributed by atoms with Crippen molar-refractivity contribution in [3.63, 3.8) is 0 Å². The average molecular weight is 326 g/mol. The largest absolute Gasteiger partial charge is 0.330 e. The van der Waals surface area contributed by atoms with Crippen LogP contribution < -0.4 is 5.73 Å². The summed E-state index contributed by atoms with van der Waals surface area (Å²) in [5.41, 5.74) is 8.98. The lowest BCUT2D eigenvalue weighted by Gasteiger charge is -2.15. The van der Waals surface area contributed by atoms with Gasteiger partial charge in [-0.3, -0.25) is 4.68 Å². The van der Waals surface area contributed by atoms with E-state index in [1.165, 1.54) is 12.1 Å². The van der Waals surface area contributed by atoms with Crippen LogP contribution in [0.5, 0.6) is 0 Å². The summed E-state index contributed by atoms with van der Waals surface area (Å²) in [6.07, 6.45) is 0.778. The molecule has 3 nitrogen and oxygen atoms in total. The van der Waals surface area contributed by atoms with Crippen LogP contribution in [0.2, 0.25) is 0 Å². The van der Waals surface area contributed by atoms with Crippen LogP contribution >= 0.6 is 15.9 Å². The summed E-state index contributed by atoms with van der Waals surface area (Å²) in [6.45, 7) is 2.48. The molecule has 19 heavy (non-hydrogen) atoms. The molecule has 0 aliphatic heterocycles. The molecule has 0 saturated carbocycles. The topological polar surface area (TPSA) is 43.8 Å². The maximum Gasteiger partial charge on any atom is 0.123 e. The Morgan fingerprint density at radius 1 is 1.37 bits per heavy atom. The maximum absolute atomic E-state index is 13.0. The summed E-state index contributed by atoms with van der Waals surface area (Å²) in [7, 11) is 1.92. The minimum absolute atomic E-state index is 0.159. The van der Waals surface area contributed by atoms with Crippen LogP contribution in [-0.4, -0.2) is 16.3 Å². The summed E-state index contributed by atoms with van der Waals surface area (Å²) < 4.78 is 15.8. The molecule has 1 atom stereocenters. The van der Waals surface area contributed by atoms with Gasteiger partial charge in [0.1, 0.15) is 5.82 Å². The smallest absolute Gasteiger partial charge is 0.123 e. The highest BCUT2D eigenvalue weighted by atomic mass is 79.9. The highest BCUT2D eigenvalue weighted by molar-refractivity contribution is 9.10. The lowest BCUT2D eigenvalue weighted by Crippen LogP contribution is -2.17. The third-order valence-corrected chi connectivity index (χ3v) is 4.36. The molecule has 1 aromatic heterocycles. The number of nitrogens with two attached hydrogens (primary N) is 1. The van der Waals surface area contributed by atoms with Crippen molar-refractivity contribution in [2.75, 3.05) is 6.54 Å². The van der Waals surface area contributed by atoms with Gasteiger partial charge >= 0.3 is 0 Å². The van der Waals surface area contributed by atoms with Gasteiger partial charge in [-0.15, -0.1) is 0 Å². The van der Waals surface area contributed by atoms with Crippen LogP contribution in [0.15, 0.2) is 28.7 Å². The van der Waals surface area contributed by atoms with E-state index in [-0.39, 0.29) is 11.7 Å². The first-order valence-corrected chi connectivity index (χ1v) is 6.95. The number of benzene rings is 1. The number of hydrogen-bond donors (Lipinski definition) is 1. The SMILES string of the molecule is Cc1nn(C)c(CC(CN)c2ccc(F)cc2)c1Br. The zero-order valence-corrected chi connectivity index (χ0v) is 12.6. The summed E-state index contributed by atoms with van der Waals surface area (Å²) in [4.78, 5) is 0. The number of halogens is 2. The van der Waals surface area contributed by atoms with Crippen molar-refractivity contribution in [2.45, 2.75) is 19.3 Å². The van der Waals surface area contributed by atoms with Crippen molar-refractivity contribution < 1.29 is 4.39 Å². The minimum atomic E-state index is -0.225. The second kappa shape index (κ2) is 5.84. The molecule has 0 spiro atoms. The number of hydrogen-bond acceptors (Lipinski definition) is 2. The van der Waals surface area contributed by atoms with E-state index in [1.54, 1.807) is 12.1 Å². The predicted molar refractivity (Wildman–Crippen MR) is 77.5 cm³/mol. The molecule has 5 heteroatoms. The van der Waals surface area contributed by atoms with Crippen LogP contribution in [0.1, 0.15) is 22.9 Å². The van der Waals surface area contributed by atoms with Crippen molar-refractivity contribution in [1.29, 1.82) is 0 Å². The molecule has 0 amide bonds. The maximum atomic E-state index is 13.0. The average Bonchev–Trinajstić information content (AvgIpc) is 2.63. The van der Waals surface area contributed by atoms with Gasteiger partial charge in [0.25, 0.3) is 0 Å². The Bertz CT molecular complexity index is 563. The Morgan fingerprint density at radius 3 is 2.47 bits per heavy atom. The number of aryl methyl sites for hydroxylation is 2. The molecular formula is C14H17BrFN3. The van der Waals surface area contributed by atoms with Crippen molar-refractivity contribution in [2.24, 2.45) is 12.8 Å². The van der Waals surface area contributed by atoms with Gasteiger partial charge in [-0.2, -0.15) is 5.10 Å². The molecule has 0 bridgehead atoms. The van der Waals surface area contributed by atoms with E-state index in [1.807, 2.05) is 18.7 Å². The Hall–Kier alpha value is -1.20. The summed E-state index contributed by atoms with van der Waals surface area (Å²) in [5.74, 6) is -0.0659. The quantitative estimate of drug-likeness (QED) is 0.939. The van der Waals surface area contributed by atoms with Gasteiger partial charge in [-0.1, -0.05) is 12.1 Å². The molecule has 1 heterocycles. The standard InChI is InChI=1S/C14H17BrFN3/c1-9-14(15)13(19(2)18-9)7-11(8-17)10-3-5-12(16)6-4-10/h3-6,11H,7-8,17H2,1-2H3. The Morgan fingerprint density at radius 2 is 2.00 bits per heavy atom. The lowest BCUT2D eigenvalue weighted by molar-refractivity contribution is 0.614. The first-order chi connectivity index (χ1) is 9.02. The lowest BCUT2D eigenvalue weighted by atomic mass is 9.94. The van der Waals surface area contributed by atoms with E-state index in [9.17, 15) is 4.39 Å². The highest BCUT2D eigenvalue weighted by Gasteiger charge is 2.17. The zero-order chi connectivity index (χ0) is 14.0. The van der Waals surface area contributed by atoms with Crippen LogP contribution in [0.4, 0.5) is 4.39 Å². The third-order valence-electron chi connectivity index (χ3n) is 3.33. The van der Waals surface area contributed by atoms with Crippen LogP contribution in [0.3, 0.4) is 0 Å². The van der Waals surface area contributed by atoms with Gasteiger partial charge in [-0.25, -0.2) is 4.39 Å². The predicted octanol–water partition coefficient (Wildman–Crippen LogP) is 2.92. The van der Waals surface area contributed by atoms with E-state index < -0.39 is 0 Å². The number of nitrogens with zero attached hydrogens (tertiary/aromatic N) is 2. The fourth-order valence-corrected chi connectivity index (χ4v) is 2.71. The Kier molecular flexibility index (Phi) is 4.37. The normalized spacial score (nSPS) is 12.7. The van der Waals surface area contributed by atoms with Crippen molar-refractivity contribution in [1.82, 2.24) is 9.78 Å². The second-order valence-corrected chi connectivity index (χ2v) is 5.45. The monoisotopic (exact) mass is 325 g/mol. The molecule has 1 aromatic carbocycles. The third kappa shape index (κ3) is 3.04. The van der Waals surface area contributed by atoms with Crippen LogP contribution in [0, 0.1) is 12.7 Å². The molecule has 2 aromatic rings. The molecule has 0 radical (unpaired) electrons. The van der Waals surface area contributed by atoms with E-state index in [4.69, 9.17) is 5.73 Å². The molecule has 0 aliphatic carbocycles. The first kappa shape index (κ1) is 14.2. The van der Waals surface area contributed by atoms with E-state index >= 15 is 0 Å². The van der Waals surface area contributed by atoms with Crippen LogP contribution in [0.25, 0.3) is 0 Å². The first-order valence-electron chi connectivity index (χ1n) is 6.16. The minimum Gasteiger partial charge on any atom is -0.330 e. The van der Waals surface area contributed by atoms with Gasteiger partial charge < -0.3 is 5.73 Å². The van der Waals surface area contributed by atoms with Gasteiger partial charge in [-0.05, 0) is 53.5 Å². The van der Waals surface area contributed by atoms with Gasteiger partial charge in [0, 0.05) is 13.0 Å². The van der Waals surface area contributed by atoms with E-state index in [0.717, 1.165) is 27.8 Å². The molecular weight excluding hydrogens is 309 g/mol. The highest BCUT2D eigenvalue weighted by Crippen LogP contribution is 2.26. The molecule has 0 aliphatic rings. The Labute approximate surface area is 120 Å². The molecule has 102 valence electrons. The van der Waals surface area contributed by atoms with Gasteiger partial charge in [0.05, 0.1) is 15.9 Å². The van der Waals surface area contributed by atoms with Crippen molar-refractivity contribution in [3.8, 4) is 0 Å². The number of rotatable bonds is 4. The van der Waals surface area contributed by atoms with E-state index in [2.05, 4.69) is 21.0 Å². The van der Waals surface area contributed by atoms with Crippen molar-refractivity contribution >= 4 is 15.9 Å². The van der Waals surface area contributed by atoms with Gasteiger partial charge in [0.2, 0.25) is 0 Å². The van der Waals surface area contributed by atoms with E-state index in [0.29, 0.717) is 6.54 Å². The Balaban J connectivity index is 2.26. The second-order valence-electron chi connectivity index (χ2n) is 4.66. The zero-order valence-electron chi connectivity index (χ0n) is 11.0. The fourth-order valence-electron chi connectivity index (χ4n) is 2.21. The van der Waals surface area contributed by atoms with Crippen LogP contribution in [-0.2, 0) is 13.5 Å². The molecule has 2 N–H and O–H groups in total. The van der Waals surface area contributed by atoms with Crippen molar-refractivity contribution in [3.05, 3.63) is 51.5 Å². The molecule has 0 fully saturated rings.